The van der Waals surface area contributed by atoms with Gasteiger partial charge in [-0.2, -0.15) is 0 Å². The monoisotopic (exact) mass is 280 g/mol. The zero-order chi connectivity index (χ0) is 14.9. The van der Waals surface area contributed by atoms with Gasteiger partial charge < -0.3 is 14.1 Å². The first-order valence-electron chi connectivity index (χ1n) is 7.14. The van der Waals surface area contributed by atoms with Crippen molar-refractivity contribution in [3.05, 3.63) is 17.8 Å². The van der Waals surface area contributed by atoms with E-state index >= 15 is 0 Å². The standard InChI is InChI=1S/C15H24N2O3/c1-10-9-19-13(16-10)11-6-7-12(8-11)17(5)14(18)20-15(2,3)4/h9,11-12H,6-8H2,1-5H3. The number of amides is 1. The summed E-state index contributed by atoms with van der Waals surface area (Å²) in [6, 6.07) is 0.196. The number of oxazole rings is 1. The van der Waals surface area contributed by atoms with E-state index < -0.39 is 5.60 Å². The van der Waals surface area contributed by atoms with Gasteiger partial charge in [0.05, 0.1) is 5.69 Å². The Kier molecular flexibility index (Phi) is 4.06. The largest absolute Gasteiger partial charge is 0.448 e. The van der Waals surface area contributed by atoms with Crippen LogP contribution in [-0.2, 0) is 4.74 Å². The average Bonchev–Trinajstić information content (AvgIpc) is 2.93. The number of aromatic nitrogens is 1. The van der Waals surface area contributed by atoms with Crippen LogP contribution in [0.1, 0.15) is 57.5 Å². The van der Waals surface area contributed by atoms with Crippen LogP contribution in [0.15, 0.2) is 10.7 Å². The minimum absolute atomic E-state index is 0.196. The Balaban J connectivity index is 1.93. The molecule has 1 heterocycles. The van der Waals surface area contributed by atoms with Gasteiger partial charge in [-0.05, 0) is 47.0 Å². The van der Waals surface area contributed by atoms with Gasteiger partial charge in [0, 0.05) is 19.0 Å². The summed E-state index contributed by atoms with van der Waals surface area (Å²) in [5.74, 6) is 1.10. The number of hydrogen-bond acceptors (Lipinski definition) is 4. The van der Waals surface area contributed by atoms with Crippen molar-refractivity contribution in [1.82, 2.24) is 9.88 Å². The third-order valence-electron chi connectivity index (χ3n) is 3.62. The molecule has 20 heavy (non-hydrogen) atoms. The summed E-state index contributed by atoms with van der Waals surface area (Å²) in [6.07, 6.45) is 4.27. The first-order chi connectivity index (χ1) is 9.26. The lowest BCUT2D eigenvalue weighted by atomic mass is 10.1. The van der Waals surface area contributed by atoms with Crippen molar-refractivity contribution < 1.29 is 13.9 Å². The van der Waals surface area contributed by atoms with Crippen LogP contribution in [0.25, 0.3) is 0 Å². The molecular weight excluding hydrogens is 256 g/mol. The maximum atomic E-state index is 12.1. The van der Waals surface area contributed by atoms with Crippen molar-refractivity contribution >= 4 is 6.09 Å². The van der Waals surface area contributed by atoms with Gasteiger partial charge in [-0.1, -0.05) is 0 Å². The van der Waals surface area contributed by atoms with Crippen LogP contribution in [0.3, 0.4) is 0 Å². The highest BCUT2D eigenvalue weighted by Crippen LogP contribution is 2.36. The van der Waals surface area contributed by atoms with Gasteiger partial charge in [-0.15, -0.1) is 0 Å². The predicted molar refractivity (Wildman–Crippen MR) is 75.6 cm³/mol. The molecule has 2 atom stereocenters. The highest BCUT2D eigenvalue weighted by molar-refractivity contribution is 5.68. The molecule has 0 N–H and O–H groups in total. The van der Waals surface area contributed by atoms with E-state index in [1.807, 2.05) is 34.7 Å². The Morgan fingerprint density at radius 1 is 1.45 bits per heavy atom. The fraction of sp³-hybridized carbons (Fsp3) is 0.733. The number of rotatable bonds is 2. The SMILES string of the molecule is Cc1coc(C2CCC(N(C)C(=O)OC(C)(C)C)C2)n1. The number of hydrogen-bond donors (Lipinski definition) is 0. The number of ether oxygens (including phenoxy) is 1. The summed E-state index contributed by atoms with van der Waals surface area (Å²) in [4.78, 5) is 18.2. The van der Waals surface area contributed by atoms with Crippen LogP contribution in [-0.4, -0.2) is 34.7 Å². The molecule has 1 fully saturated rings. The maximum absolute atomic E-state index is 12.1. The van der Waals surface area contributed by atoms with E-state index in [1.54, 1.807) is 11.2 Å². The maximum Gasteiger partial charge on any atom is 0.410 e. The lowest BCUT2D eigenvalue weighted by molar-refractivity contribution is 0.0225. The van der Waals surface area contributed by atoms with Crippen LogP contribution in [0.5, 0.6) is 0 Å². The molecule has 0 aromatic carbocycles. The molecule has 1 saturated carbocycles. The Morgan fingerprint density at radius 2 is 2.15 bits per heavy atom. The van der Waals surface area contributed by atoms with Crippen LogP contribution in [0.4, 0.5) is 4.79 Å². The second-order valence-electron chi connectivity index (χ2n) is 6.58. The summed E-state index contributed by atoms with van der Waals surface area (Å²) >= 11 is 0. The van der Waals surface area contributed by atoms with Gasteiger partial charge in [-0.25, -0.2) is 9.78 Å². The Hall–Kier alpha value is -1.52. The Morgan fingerprint density at radius 3 is 2.70 bits per heavy atom. The first kappa shape index (κ1) is 14.9. The molecule has 0 aliphatic heterocycles. The summed E-state index contributed by atoms with van der Waals surface area (Å²) in [5, 5.41) is 0. The zero-order valence-corrected chi connectivity index (χ0v) is 13.0. The second-order valence-corrected chi connectivity index (χ2v) is 6.58. The summed E-state index contributed by atoms with van der Waals surface area (Å²) in [5.41, 5.74) is 0.451. The minimum atomic E-state index is -0.455. The fourth-order valence-corrected chi connectivity index (χ4v) is 2.58. The van der Waals surface area contributed by atoms with Gasteiger partial charge in [-0.3, -0.25) is 0 Å². The lowest BCUT2D eigenvalue weighted by Crippen LogP contribution is -2.39. The molecule has 1 aliphatic rings. The molecule has 5 heteroatoms. The lowest BCUT2D eigenvalue weighted by Gasteiger charge is -2.28. The van der Waals surface area contributed by atoms with Crippen molar-refractivity contribution in [2.45, 2.75) is 64.5 Å². The third-order valence-corrected chi connectivity index (χ3v) is 3.62. The topological polar surface area (TPSA) is 55.6 Å². The third kappa shape index (κ3) is 3.52. The minimum Gasteiger partial charge on any atom is -0.448 e. The smallest absolute Gasteiger partial charge is 0.410 e. The van der Waals surface area contributed by atoms with Gasteiger partial charge in [0.15, 0.2) is 5.89 Å². The normalized spacial score (nSPS) is 22.9. The van der Waals surface area contributed by atoms with Crippen molar-refractivity contribution in [3.8, 4) is 0 Å². The van der Waals surface area contributed by atoms with Gasteiger partial charge in [0.25, 0.3) is 0 Å². The van der Waals surface area contributed by atoms with E-state index in [2.05, 4.69) is 4.98 Å². The van der Waals surface area contributed by atoms with Crippen molar-refractivity contribution in [3.63, 3.8) is 0 Å². The highest BCUT2D eigenvalue weighted by Gasteiger charge is 2.34. The molecule has 0 radical (unpaired) electrons. The molecule has 0 saturated heterocycles. The van der Waals surface area contributed by atoms with Gasteiger partial charge >= 0.3 is 6.09 Å². The van der Waals surface area contributed by atoms with E-state index in [0.717, 1.165) is 30.8 Å². The molecule has 1 aliphatic carbocycles. The van der Waals surface area contributed by atoms with Crippen molar-refractivity contribution in [2.75, 3.05) is 7.05 Å². The Bertz CT molecular complexity index is 476. The van der Waals surface area contributed by atoms with Crippen LogP contribution >= 0.6 is 0 Å². The molecule has 1 aromatic heterocycles. The van der Waals surface area contributed by atoms with E-state index in [9.17, 15) is 4.79 Å². The fourth-order valence-electron chi connectivity index (χ4n) is 2.58. The van der Waals surface area contributed by atoms with E-state index in [4.69, 9.17) is 9.15 Å². The second kappa shape index (κ2) is 5.46. The van der Waals surface area contributed by atoms with E-state index in [-0.39, 0.29) is 12.1 Å². The number of nitrogens with zero attached hydrogens (tertiary/aromatic N) is 2. The molecule has 2 rings (SSSR count). The van der Waals surface area contributed by atoms with Crippen LogP contribution < -0.4 is 0 Å². The molecular formula is C15H24N2O3. The highest BCUT2D eigenvalue weighted by atomic mass is 16.6. The summed E-state index contributed by atoms with van der Waals surface area (Å²) < 4.78 is 10.9. The number of carbonyl (C=O) groups is 1. The molecule has 5 nitrogen and oxygen atoms in total. The summed E-state index contributed by atoms with van der Waals surface area (Å²) in [7, 11) is 1.81. The van der Waals surface area contributed by atoms with Gasteiger partial charge in [0.2, 0.25) is 0 Å². The number of aryl methyl sites for hydroxylation is 1. The van der Waals surface area contributed by atoms with Crippen LogP contribution in [0.2, 0.25) is 0 Å². The molecule has 112 valence electrons. The quantitative estimate of drug-likeness (QED) is 0.832. The van der Waals surface area contributed by atoms with Gasteiger partial charge in [0.1, 0.15) is 11.9 Å². The van der Waals surface area contributed by atoms with E-state index in [0.29, 0.717) is 5.92 Å². The van der Waals surface area contributed by atoms with Crippen molar-refractivity contribution in [2.24, 2.45) is 0 Å². The average molecular weight is 280 g/mol. The zero-order valence-electron chi connectivity index (χ0n) is 13.0. The van der Waals surface area contributed by atoms with E-state index in [1.165, 1.54) is 0 Å². The number of carbonyl (C=O) groups excluding carboxylic acids is 1. The molecule has 2 unspecified atom stereocenters. The Labute approximate surface area is 120 Å². The first-order valence-corrected chi connectivity index (χ1v) is 7.14. The molecule has 0 spiro atoms. The van der Waals surface area contributed by atoms with Crippen LogP contribution in [0, 0.1) is 6.92 Å². The molecule has 1 amide bonds. The predicted octanol–water partition coefficient (Wildman–Crippen LogP) is 3.49. The summed E-state index contributed by atoms with van der Waals surface area (Å²) in [6.45, 7) is 7.56. The molecule has 1 aromatic rings. The molecule has 0 bridgehead atoms. The van der Waals surface area contributed by atoms with Crippen molar-refractivity contribution in [1.29, 1.82) is 0 Å².